The van der Waals surface area contributed by atoms with Gasteiger partial charge in [0.1, 0.15) is 0 Å². The average molecular weight is 167 g/mol. The van der Waals surface area contributed by atoms with Gasteiger partial charge < -0.3 is 9.64 Å². The second-order valence-electron chi connectivity index (χ2n) is 2.61. The van der Waals surface area contributed by atoms with Crippen LogP contribution in [0.4, 0.5) is 0 Å². The van der Waals surface area contributed by atoms with Gasteiger partial charge in [0.15, 0.2) is 0 Å². The fourth-order valence-corrected chi connectivity index (χ4v) is 1.10. The van der Waals surface area contributed by atoms with Crippen LogP contribution in [0.5, 0.6) is 0 Å². The molecule has 1 rings (SSSR count). The van der Waals surface area contributed by atoms with Crippen molar-refractivity contribution in [3.63, 3.8) is 0 Å². The molecule has 1 aliphatic rings. The number of nitrogens with zero attached hydrogens (tertiary/aromatic N) is 1. The number of hydrogen-bond acceptors (Lipinski definition) is 2. The van der Waals surface area contributed by atoms with Crippen molar-refractivity contribution in [1.29, 1.82) is 0 Å². The molecule has 1 amide bonds. The maximum absolute atomic E-state index is 11.3. The summed E-state index contributed by atoms with van der Waals surface area (Å²) in [6, 6.07) is 0. The van der Waals surface area contributed by atoms with Crippen molar-refractivity contribution < 1.29 is 9.53 Å². The minimum absolute atomic E-state index is 0.134. The number of ether oxygens (including phenoxy) is 1. The Labute approximate surface area is 72.3 Å². The van der Waals surface area contributed by atoms with E-state index in [1.165, 1.54) is 0 Å². The molecular formula is C9H13NO2. The molecule has 66 valence electrons. The lowest BCUT2D eigenvalue weighted by Crippen LogP contribution is -2.40. The molecule has 1 aliphatic heterocycles. The van der Waals surface area contributed by atoms with E-state index in [-0.39, 0.29) is 5.91 Å². The normalized spacial score (nSPS) is 16.8. The molecule has 0 aromatic heterocycles. The van der Waals surface area contributed by atoms with Crippen molar-refractivity contribution >= 4 is 5.91 Å². The van der Waals surface area contributed by atoms with Crippen LogP contribution in [0.3, 0.4) is 0 Å². The van der Waals surface area contributed by atoms with E-state index >= 15 is 0 Å². The van der Waals surface area contributed by atoms with E-state index < -0.39 is 0 Å². The van der Waals surface area contributed by atoms with E-state index in [0.717, 1.165) is 0 Å². The number of amides is 1. The first kappa shape index (κ1) is 9.04. The predicted molar refractivity (Wildman–Crippen MR) is 45.7 cm³/mol. The van der Waals surface area contributed by atoms with E-state index in [9.17, 15) is 4.79 Å². The summed E-state index contributed by atoms with van der Waals surface area (Å²) in [4.78, 5) is 13.1. The van der Waals surface area contributed by atoms with Gasteiger partial charge in [-0.05, 0) is 6.08 Å². The second kappa shape index (κ2) is 4.75. The highest BCUT2D eigenvalue weighted by molar-refractivity contribution is 5.77. The van der Waals surface area contributed by atoms with Gasteiger partial charge in [-0.15, -0.1) is 5.73 Å². The monoisotopic (exact) mass is 167 g/mol. The smallest absolute Gasteiger partial charge is 0.227 e. The van der Waals surface area contributed by atoms with Gasteiger partial charge in [-0.3, -0.25) is 4.79 Å². The summed E-state index contributed by atoms with van der Waals surface area (Å²) < 4.78 is 5.12. The van der Waals surface area contributed by atoms with Crippen LogP contribution >= 0.6 is 0 Å². The van der Waals surface area contributed by atoms with Crippen LogP contribution in [0.1, 0.15) is 6.42 Å². The van der Waals surface area contributed by atoms with E-state index in [1.807, 2.05) is 0 Å². The Morgan fingerprint density at radius 1 is 1.58 bits per heavy atom. The van der Waals surface area contributed by atoms with Crippen LogP contribution in [0.15, 0.2) is 18.4 Å². The summed E-state index contributed by atoms with van der Waals surface area (Å²) in [5, 5.41) is 0. The third-order valence-corrected chi connectivity index (χ3v) is 1.78. The van der Waals surface area contributed by atoms with Crippen LogP contribution in [0.25, 0.3) is 0 Å². The Morgan fingerprint density at radius 3 is 2.83 bits per heavy atom. The van der Waals surface area contributed by atoms with E-state index in [4.69, 9.17) is 4.74 Å². The Bertz CT molecular complexity index is 201. The lowest BCUT2D eigenvalue weighted by Gasteiger charge is -2.26. The summed E-state index contributed by atoms with van der Waals surface area (Å²) in [6.45, 7) is 6.14. The first-order valence-corrected chi connectivity index (χ1v) is 4.04. The number of hydrogen-bond donors (Lipinski definition) is 0. The third kappa shape index (κ3) is 2.53. The van der Waals surface area contributed by atoms with Gasteiger partial charge in [0.2, 0.25) is 5.91 Å². The Balaban J connectivity index is 2.34. The molecule has 0 spiro atoms. The topological polar surface area (TPSA) is 29.5 Å². The van der Waals surface area contributed by atoms with Crippen LogP contribution in [0.2, 0.25) is 0 Å². The Kier molecular flexibility index (Phi) is 3.58. The van der Waals surface area contributed by atoms with Crippen LogP contribution in [-0.2, 0) is 9.53 Å². The molecule has 3 nitrogen and oxygen atoms in total. The zero-order valence-corrected chi connectivity index (χ0v) is 7.08. The van der Waals surface area contributed by atoms with Gasteiger partial charge in [0.25, 0.3) is 0 Å². The lowest BCUT2D eigenvalue weighted by molar-refractivity contribution is -0.134. The minimum Gasteiger partial charge on any atom is -0.378 e. The molecule has 0 aromatic rings. The molecule has 1 saturated heterocycles. The number of carbonyl (C=O) groups is 1. The van der Waals surface area contributed by atoms with Gasteiger partial charge in [-0.25, -0.2) is 0 Å². The van der Waals surface area contributed by atoms with Crippen molar-refractivity contribution in [3.8, 4) is 0 Å². The number of morpholine rings is 1. The fraction of sp³-hybridized carbons (Fsp3) is 0.556. The highest BCUT2D eigenvalue weighted by Gasteiger charge is 2.14. The lowest BCUT2D eigenvalue weighted by atomic mass is 10.3. The molecule has 1 heterocycles. The Hall–Kier alpha value is -1.05. The standard InChI is InChI=1S/C9H13NO2/c1-2-3-4-9(11)10-5-7-12-8-6-10/h3H,1,4-8H2. The quantitative estimate of drug-likeness (QED) is 0.563. The first-order valence-electron chi connectivity index (χ1n) is 4.04. The van der Waals surface area contributed by atoms with Gasteiger partial charge in [0, 0.05) is 13.1 Å². The molecule has 1 fully saturated rings. The van der Waals surface area contributed by atoms with E-state index in [2.05, 4.69) is 12.3 Å². The zero-order valence-electron chi connectivity index (χ0n) is 7.08. The fourth-order valence-electron chi connectivity index (χ4n) is 1.10. The third-order valence-electron chi connectivity index (χ3n) is 1.78. The molecule has 0 aromatic carbocycles. The maximum Gasteiger partial charge on any atom is 0.227 e. The van der Waals surface area contributed by atoms with E-state index in [0.29, 0.717) is 32.7 Å². The number of rotatable bonds is 2. The van der Waals surface area contributed by atoms with Crippen LogP contribution < -0.4 is 0 Å². The molecule has 0 unspecified atom stereocenters. The molecule has 0 radical (unpaired) electrons. The predicted octanol–water partition coefficient (Wildman–Crippen LogP) is 0.576. The SMILES string of the molecule is C=C=CCC(=O)N1CCOCC1. The largest absolute Gasteiger partial charge is 0.378 e. The second-order valence-corrected chi connectivity index (χ2v) is 2.61. The van der Waals surface area contributed by atoms with Crippen molar-refractivity contribution in [3.05, 3.63) is 18.4 Å². The molecule has 0 bridgehead atoms. The average Bonchev–Trinajstić information content (AvgIpc) is 2.15. The van der Waals surface area contributed by atoms with Gasteiger partial charge in [0.05, 0.1) is 19.6 Å². The molecule has 0 saturated carbocycles. The molecule has 3 heteroatoms. The summed E-state index contributed by atoms with van der Waals surface area (Å²) >= 11 is 0. The van der Waals surface area contributed by atoms with Gasteiger partial charge in [-0.2, -0.15) is 0 Å². The van der Waals surface area contributed by atoms with Crippen LogP contribution in [-0.4, -0.2) is 37.1 Å². The number of carbonyl (C=O) groups excluding carboxylic acids is 1. The van der Waals surface area contributed by atoms with Gasteiger partial charge >= 0.3 is 0 Å². The molecule has 0 atom stereocenters. The summed E-state index contributed by atoms with van der Waals surface area (Å²) in [5.74, 6) is 0.134. The summed E-state index contributed by atoms with van der Waals surface area (Å²) in [5.41, 5.74) is 2.58. The minimum atomic E-state index is 0.134. The van der Waals surface area contributed by atoms with Crippen molar-refractivity contribution in [1.82, 2.24) is 4.90 Å². The summed E-state index contributed by atoms with van der Waals surface area (Å²) in [7, 11) is 0. The Morgan fingerprint density at radius 2 is 2.25 bits per heavy atom. The van der Waals surface area contributed by atoms with Crippen molar-refractivity contribution in [2.75, 3.05) is 26.3 Å². The first-order chi connectivity index (χ1) is 5.84. The molecule has 0 aliphatic carbocycles. The highest BCUT2D eigenvalue weighted by Crippen LogP contribution is 1.99. The van der Waals surface area contributed by atoms with Crippen molar-refractivity contribution in [2.24, 2.45) is 0 Å². The molecular weight excluding hydrogens is 154 g/mol. The maximum atomic E-state index is 11.3. The van der Waals surface area contributed by atoms with Crippen LogP contribution in [0, 0.1) is 0 Å². The van der Waals surface area contributed by atoms with E-state index in [1.54, 1.807) is 11.0 Å². The summed E-state index contributed by atoms with van der Waals surface area (Å²) in [6.07, 6.45) is 2.06. The van der Waals surface area contributed by atoms with Gasteiger partial charge in [-0.1, -0.05) is 6.58 Å². The zero-order chi connectivity index (χ0) is 8.81. The molecule has 12 heavy (non-hydrogen) atoms. The van der Waals surface area contributed by atoms with Crippen molar-refractivity contribution in [2.45, 2.75) is 6.42 Å². The molecule has 0 N–H and O–H groups in total. The highest BCUT2D eigenvalue weighted by atomic mass is 16.5.